The fourth-order valence-electron chi connectivity index (χ4n) is 1.20. The first-order valence-electron chi connectivity index (χ1n) is 4.19. The Bertz CT molecular complexity index is 445. The van der Waals surface area contributed by atoms with Crippen LogP contribution in [0.1, 0.15) is 15.2 Å². The van der Waals surface area contributed by atoms with Gasteiger partial charge in [0.15, 0.2) is 0 Å². The van der Waals surface area contributed by atoms with Crippen LogP contribution < -0.4 is 21.2 Å². The van der Waals surface area contributed by atoms with Crippen LogP contribution in [0, 0.1) is 10.1 Å². The summed E-state index contributed by atoms with van der Waals surface area (Å²) in [6.45, 7) is 0. The topological polar surface area (TPSA) is 56.0 Å². The van der Waals surface area contributed by atoms with Crippen molar-refractivity contribution >= 4 is 5.69 Å². The summed E-state index contributed by atoms with van der Waals surface area (Å²) in [7, 11) is 0. The third-order valence-corrected chi connectivity index (χ3v) is 4.38. The van der Waals surface area contributed by atoms with Gasteiger partial charge in [-0.25, -0.2) is 0 Å². The Morgan fingerprint density at radius 2 is 2.19 bits per heavy atom. The van der Waals surface area contributed by atoms with E-state index in [2.05, 4.69) is 4.98 Å². The van der Waals surface area contributed by atoms with Gasteiger partial charge in [0, 0.05) is 0 Å². The molecule has 2 rings (SSSR count). The molecule has 8 heteroatoms. The molecule has 88 valence electrons. The second-order valence-corrected chi connectivity index (χ2v) is 6.42. The molecule has 2 heterocycles. The van der Waals surface area contributed by atoms with E-state index in [1.54, 1.807) is 0 Å². The predicted octanol–water partition coefficient (Wildman–Crippen LogP) is -0.848. The van der Waals surface area contributed by atoms with Gasteiger partial charge in [-0.1, -0.05) is 0 Å². The first-order chi connectivity index (χ1) is 7.39. The second-order valence-electron chi connectivity index (χ2n) is 3.16. The molecular weight excluding hydrogens is 340 g/mol. The van der Waals surface area contributed by atoms with E-state index in [1.165, 1.54) is 0 Å². The Morgan fingerprint density at radius 1 is 1.56 bits per heavy atom. The van der Waals surface area contributed by atoms with Crippen LogP contribution in [0.2, 0.25) is 0 Å². The number of nitro groups is 1. The Labute approximate surface area is 98.3 Å². The SMILES string of the molecule is O=[N+]([O-])c1cc(C(F)(F)F)cnc1C1C[I-]1. The molecule has 1 aliphatic heterocycles. The molecule has 1 aromatic heterocycles. The Morgan fingerprint density at radius 3 is 2.62 bits per heavy atom. The molecule has 0 aliphatic carbocycles. The van der Waals surface area contributed by atoms with Gasteiger partial charge >= 0.3 is 98.1 Å². The zero-order valence-corrected chi connectivity index (χ0v) is 9.82. The van der Waals surface area contributed by atoms with Gasteiger partial charge in [-0.15, -0.1) is 0 Å². The first-order valence-corrected chi connectivity index (χ1v) is 6.96. The molecule has 0 N–H and O–H groups in total. The summed E-state index contributed by atoms with van der Waals surface area (Å²) in [5.74, 6) is 0. The molecule has 1 aromatic rings. The van der Waals surface area contributed by atoms with Gasteiger partial charge < -0.3 is 0 Å². The molecule has 1 aliphatic rings. The molecular formula is C8H5F3IN2O2-. The number of hydrogen-bond acceptors (Lipinski definition) is 3. The average Bonchev–Trinajstić information content (AvgIpc) is 2.98. The van der Waals surface area contributed by atoms with Crippen molar-refractivity contribution < 1.29 is 39.3 Å². The summed E-state index contributed by atoms with van der Waals surface area (Å²) in [5.41, 5.74) is -1.36. The fourth-order valence-corrected chi connectivity index (χ4v) is 2.77. The zero-order chi connectivity index (χ0) is 11.9. The quantitative estimate of drug-likeness (QED) is 0.304. The normalized spacial score (nSPS) is 20.1. The van der Waals surface area contributed by atoms with Gasteiger partial charge in [0.25, 0.3) is 0 Å². The van der Waals surface area contributed by atoms with Crippen LogP contribution >= 0.6 is 0 Å². The van der Waals surface area contributed by atoms with Gasteiger partial charge in [0.2, 0.25) is 0 Å². The summed E-state index contributed by atoms with van der Waals surface area (Å²) in [6.07, 6.45) is -3.92. The van der Waals surface area contributed by atoms with E-state index >= 15 is 0 Å². The number of alkyl halides is 5. The predicted molar refractivity (Wildman–Crippen MR) is 43.5 cm³/mol. The Kier molecular flexibility index (Phi) is 2.76. The third-order valence-electron chi connectivity index (χ3n) is 2.03. The maximum atomic E-state index is 12.3. The standard InChI is InChI=1S/C8H5F3IN2O2/c9-8(10,11)4-1-6(14(15)16)7(13-3-4)5-2-12-5/h1,3,5H,2H2/q-1. The van der Waals surface area contributed by atoms with E-state index in [9.17, 15) is 23.3 Å². The molecule has 1 atom stereocenters. The number of rotatable bonds is 2. The van der Waals surface area contributed by atoms with Crippen LogP contribution in [-0.2, 0) is 6.18 Å². The van der Waals surface area contributed by atoms with E-state index in [0.29, 0.717) is 12.3 Å². The van der Waals surface area contributed by atoms with E-state index in [-0.39, 0.29) is 30.8 Å². The first kappa shape index (κ1) is 11.6. The summed E-state index contributed by atoms with van der Waals surface area (Å²) >= 11 is -0.134. The molecule has 0 saturated carbocycles. The van der Waals surface area contributed by atoms with Crippen molar-refractivity contribution in [1.29, 1.82) is 0 Å². The van der Waals surface area contributed by atoms with Crippen LogP contribution in [0.3, 0.4) is 0 Å². The summed E-state index contributed by atoms with van der Waals surface area (Å²) in [5, 5.41) is 10.6. The zero-order valence-electron chi connectivity index (χ0n) is 7.66. The number of nitrogens with zero attached hydrogens (tertiary/aromatic N) is 2. The second kappa shape index (κ2) is 3.82. The van der Waals surface area contributed by atoms with Gasteiger partial charge in [-0.2, -0.15) is 0 Å². The van der Waals surface area contributed by atoms with Gasteiger partial charge in [-0.05, 0) is 0 Å². The summed E-state index contributed by atoms with van der Waals surface area (Å²) in [6, 6.07) is 0.574. The molecule has 1 unspecified atom stereocenters. The number of halogens is 4. The molecule has 1 fully saturated rings. The van der Waals surface area contributed by atoms with Crippen LogP contribution in [0.4, 0.5) is 18.9 Å². The van der Waals surface area contributed by atoms with Gasteiger partial charge in [-0.3, -0.25) is 0 Å². The average molecular weight is 345 g/mol. The van der Waals surface area contributed by atoms with Crippen molar-refractivity contribution in [3.05, 3.63) is 33.6 Å². The van der Waals surface area contributed by atoms with Crippen LogP contribution in [0.5, 0.6) is 0 Å². The molecule has 4 nitrogen and oxygen atoms in total. The van der Waals surface area contributed by atoms with Crippen molar-refractivity contribution in [2.75, 3.05) is 4.43 Å². The monoisotopic (exact) mass is 345 g/mol. The number of pyridine rings is 1. The van der Waals surface area contributed by atoms with Gasteiger partial charge in [0.05, 0.1) is 0 Å². The molecule has 0 aromatic carbocycles. The maximum absolute atomic E-state index is 12.3. The van der Waals surface area contributed by atoms with Gasteiger partial charge in [0.1, 0.15) is 0 Å². The van der Waals surface area contributed by atoms with Crippen molar-refractivity contribution in [3.8, 4) is 0 Å². The molecule has 0 spiro atoms. The Hall–Kier alpha value is -0.930. The van der Waals surface area contributed by atoms with Crippen molar-refractivity contribution in [1.82, 2.24) is 4.98 Å². The van der Waals surface area contributed by atoms with E-state index in [0.717, 1.165) is 4.43 Å². The minimum atomic E-state index is -4.59. The van der Waals surface area contributed by atoms with Crippen LogP contribution in [-0.4, -0.2) is 14.3 Å². The van der Waals surface area contributed by atoms with E-state index in [4.69, 9.17) is 0 Å². The molecule has 1 saturated heterocycles. The van der Waals surface area contributed by atoms with E-state index in [1.807, 2.05) is 0 Å². The summed E-state index contributed by atoms with van der Waals surface area (Å²) < 4.78 is 37.9. The molecule has 0 radical (unpaired) electrons. The van der Waals surface area contributed by atoms with Crippen molar-refractivity contribution in [2.24, 2.45) is 0 Å². The summed E-state index contributed by atoms with van der Waals surface area (Å²) in [4.78, 5) is 13.4. The Balaban J connectivity index is 2.47. The van der Waals surface area contributed by atoms with Crippen LogP contribution in [0.25, 0.3) is 0 Å². The molecule has 16 heavy (non-hydrogen) atoms. The molecule has 0 amide bonds. The van der Waals surface area contributed by atoms with Crippen LogP contribution in [0.15, 0.2) is 12.3 Å². The van der Waals surface area contributed by atoms with Crippen molar-refractivity contribution in [2.45, 2.75) is 10.1 Å². The third kappa shape index (κ3) is 2.25. The number of aromatic nitrogens is 1. The molecule has 0 bridgehead atoms. The number of hydrogen-bond donors (Lipinski definition) is 0. The minimum absolute atomic E-state index is 0.0569. The van der Waals surface area contributed by atoms with E-state index < -0.39 is 22.4 Å². The van der Waals surface area contributed by atoms with Crippen molar-refractivity contribution in [3.63, 3.8) is 0 Å². The fraction of sp³-hybridized carbons (Fsp3) is 0.375.